The normalized spacial score (nSPS) is 10.8. The molecule has 0 unspecified atom stereocenters. The molecule has 0 amide bonds. The molecule has 1 rings (SSSR count). The highest BCUT2D eigenvalue weighted by molar-refractivity contribution is 5.19. The molecule has 12 heavy (non-hydrogen) atoms. The Morgan fingerprint density at radius 2 is 1.92 bits per heavy atom. The second kappa shape index (κ2) is 2.77. The van der Waals surface area contributed by atoms with Crippen molar-refractivity contribution in [3.63, 3.8) is 0 Å². The summed E-state index contributed by atoms with van der Waals surface area (Å²) in [5.74, 6) is 0. The summed E-state index contributed by atoms with van der Waals surface area (Å²) >= 11 is 0. The van der Waals surface area contributed by atoms with E-state index in [4.69, 9.17) is 5.26 Å². The summed E-state index contributed by atoms with van der Waals surface area (Å²) in [4.78, 5) is 0. The van der Waals surface area contributed by atoms with E-state index < -0.39 is 11.9 Å². The molecule has 1 aromatic rings. The average molecular weight is 173 g/mol. The Kier molecular flexibility index (Phi) is 1.95. The molecule has 0 saturated heterocycles. The van der Waals surface area contributed by atoms with Crippen LogP contribution < -0.4 is 0 Å². The Morgan fingerprint density at radius 1 is 1.25 bits per heavy atom. The Bertz CT molecular complexity index is 308. The van der Waals surface area contributed by atoms with E-state index in [2.05, 4.69) is 10.2 Å². The van der Waals surface area contributed by atoms with Gasteiger partial charge in [-0.3, -0.25) is 0 Å². The van der Waals surface area contributed by atoms with Crippen LogP contribution in [0.3, 0.4) is 0 Å². The monoisotopic (exact) mass is 173 g/mol. The largest absolute Gasteiger partial charge is 0.435 e. The van der Waals surface area contributed by atoms with E-state index in [-0.39, 0.29) is 5.69 Å². The average Bonchev–Trinajstić information content (AvgIpc) is 2.03. The zero-order valence-electron chi connectivity index (χ0n) is 5.63. The van der Waals surface area contributed by atoms with Gasteiger partial charge in [0.1, 0.15) is 6.07 Å². The van der Waals surface area contributed by atoms with Crippen molar-refractivity contribution in [2.24, 2.45) is 0 Å². The minimum Gasteiger partial charge on any atom is -0.191 e. The standard InChI is InChI=1S/C6H2F3N3/c7-6(8,9)5-2-1-4(3-10)11-12-5/h1-2H. The summed E-state index contributed by atoms with van der Waals surface area (Å²) in [6, 6.07) is 3.25. The van der Waals surface area contributed by atoms with Gasteiger partial charge in [-0.15, -0.1) is 10.2 Å². The van der Waals surface area contributed by atoms with Gasteiger partial charge >= 0.3 is 6.18 Å². The maximum Gasteiger partial charge on any atom is 0.435 e. The number of nitriles is 1. The fourth-order valence-electron chi connectivity index (χ4n) is 0.543. The third-order valence-electron chi connectivity index (χ3n) is 1.07. The zero-order valence-corrected chi connectivity index (χ0v) is 5.63. The topological polar surface area (TPSA) is 49.6 Å². The van der Waals surface area contributed by atoms with Crippen molar-refractivity contribution in [2.45, 2.75) is 6.18 Å². The van der Waals surface area contributed by atoms with Gasteiger partial charge in [-0.1, -0.05) is 0 Å². The van der Waals surface area contributed by atoms with Gasteiger partial charge in [-0.05, 0) is 12.1 Å². The molecule has 0 N–H and O–H groups in total. The molecule has 62 valence electrons. The quantitative estimate of drug-likeness (QED) is 0.595. The molecule has 0 aliphatic carbocycles. The molecule has 0 saturated carbocycles. The van der Waals surface area contributed by atoms with E-state index in [1.165, 1.54) is 0 Å². The lowest BCUT2D eigenvalue weighted by molar-refractivity contribution is -0.141. The summed E-state index contributed by atoms with van der Waals surface area (Å²) < 4.78 is 35.5. The Balaban J connectivity index is 3.02. The van der Waals surface area contributed by atoms with Crippen molar-refractivity contribution in [1.29, 1.82) is 5.26 Å². The van der Waals surface area contributed by atoms with Crippen molar-refractivity contribution in [3.05, 3.63) is 23.5 Å². The smallest absolute Gasteiger partial charge is 0.191 e. The molecular weight excluding hydrogens is 171 g/mol. The minimum atomic E-state index is -4.50. The van der Waals surface area contributed by atoms with Gasteiger partial charge in [0, 0.05) is 0 Å². The molecule has 0 aliphatic rings. The van der Waals surface area contributed by atoms with E-state index >= 15 is 0 Å². The van der Waals surface area contributed by atoms with E-state index in [0.717, 1.165) is 6.07 Å². The summed E-state index contributed by atoms with van der Waals surface area (Å²) in [6.07, 6.45) is -4.50. The van der Waals surface area contributed by atoms with Crippen LogP contribution in [0.2, 0.25) is 0 Å². The van der Waals surface area contributed by atoms with Gasteiger partial charge in [0.25, 0.3) is 0 Å². The molecule has 0 radical (unpaired) electrons. The molecule has 3 nitrogen and oxygen atoms in total. The molecule has 1 heterocycles. The highest BCUT2D eigenvalue weighted by Crippen LogP contribution is 2.26. The van der Waals surface area contributed by atoms with E-state index in [1.54, 1.807) is 6.07 Å². The van der Waals surface area contributed by atoms with Gasteiger partial charge in [0.05, 0.1) is 0 Å². The van der Waals surface area contributed by atoms with Crippen LogP contribution in [0, 0.1) is 11.3 Å². The number of hydrogen-bond acceptors (Lipinski definition) is 3. The van der Waals surface area contributed by atoms with Gasteiger partial charge < -0.3 is 0 Å². The highest BCUT2D eigenvalue weighted by Gasteiger charge is 2.32. The van der Waals surface area contributed by atoms with Gasteiger partial charge in [-0.25, -0.2) is 0 Å². The summed E-state index contributed by atoms with van der Waals surface area (Å²) in [5, 5.41) is 14.1. The van der Waals surface area contributed by atoms with E-state index in [1.807, 2.05) is 0 Å². The fourth-order valence-corrected chi connectivity index (χ4v) is 0.543. The minimum absolute atomic E-state index is 0.136. The Hall–Kier alpha value is -1.64. The van der Waals surface area contributed by atoms with Gasteiger partial charge in [-0.2, -0.15) is 18.4 Å². The number of rotatable bonds is 0. The van der Waals surface area contributed by atoms with Crippen LogP contribution in [0.5, 0.6) is 0 Å². The highest BCUT2D eigenvalue weighted by atomic mass is 19.4. The lowest BCUT2D eigenvalue weighted by Crippen LogP contribution is -2.09. The SMILES string of the molecule is N#Cc1ccc(C(F)(F)F)nn1. The maximum atomic E-state index is 11.8. The van der Waals surface area contributed by atoms with Crippen LogP contribution in [0.25, 0.3) is 0 Å². The van der Waals surface area contributed by atoms with Crippen molar-refractivity contribution < 1.29 is 13.2 Å². The molecular formula is C6H2F3N3. The number of alkyl halides is 3. The second-order valence-corrected chi connectivity index (χ2v) is 1.91. The van der Waals surface area contributed by atoms with E-state index in [0.29, 0.717) is 6.07 Å². The zero-order chi connectivity index (χ0) is 9.19. The first-order valence-electron chi connectivity index (χ1n) is 2.85. The van der Waals surface area contributed by atoms with E-state index in [9.17, 15) is 13.2 Å². The third kappa shape index (κ3) is 1.69. The number of aromatic nitrogens is 2. The second-order valence-electron chi connectivity index (χ2n) is 1.91. The van der Waals surface area contributed by atoms with Crippen molar-refractivity contribution in [3.8, 4) is 6.07 Å². The lowest BCUT2D eigenvalue weighted by atomic mass is 10.3. The van der Waals surface area contributed by atoms with Gasteiger partial charge in [0.2, 0.25) is 0 Å². The molecule has 0 aliphatic heterocycles. The van der Waals surface area contributed by atoms with Crippen LogP contribution in [-0.4, -0.2) is 10.2 Å². The van der Waals surface area contributed by atoms with Crippen molar-refractivity contribution >= 4 is 0 Å². The summed E-state index contributed by atoms with van der Waals surface area (Å²) in [5.41, 5.74) is -1.23. The molecule has 0 spiro atoms. The Labute approximate surface area is 65.5 Å². The molecule has 1 aromatic heterocycles. The van der Waals surface area contributed by atoms with Crippen molar-refractivity contribution in [1.82, 2.24) is 10.2 Å². The number of hydrogen-bond donors (Lipinski definition) is 0. The molecule has 0 aromatic carbocycles. The first kappa shape index (κ1) is 8.46. The van der Waals surface area contributed by atoms with Crippen LogP contribution in [0.15, 0.2) is 12.1 Å². The van der Waals surface area contributed by atoms with Crippen LogP contribution >= 0.6 is 0 Å². The maximum absolute atomic E-state index is 11.8. The van der Waals surface area contributed by atoms with Gasteiger partial charge in [0.15, 0.2) is 11.4 Å². The molecule has 0 fully saturated rings. The molecule has 0 atom stereocenters. The predicted octanol–water partition coefficient (Wildman–Crippen LogP) is 1.37. The van der Waals surface area contributed by atoms with Crippen molar-refractivity contribution in [2.75, 3.05) is 0 Å². The first-order valence-corrected chi connectivity index (χ1v) is 2.85. The molecule has 0 bridgehead atoms. The Morgan fingerprint density at radius 3 is 2.25 bits per heavy atom. The first-order chi connectivity index (χ1) is 5.54. The van der Waals surface area contributed by atoms with Crippen LogP contribution in [-0.2, 0) is 6.18 Å². The summed E-state index contributed by atoms with van der Waals surface area (Å²) in [6.45, 7) is 0. The summed E-state index contributed by atoms with van der Waals surface area (Å²) in [7, 11) is 0. The molecule has 6 heteroatoms. The lowest BCUT2D eigenvalue weighted by Gasteiger charge is -2.02. The third-order valence-corrected chi connectivity index (χ3v) is 1.07. The predicted molar refractivity (Wildman–Crippen MR) is 31.7 cm³/mol. The number of halogens is 3. The van der Waals surface area contributed by atoms with Crippen LogP contribution in [0.4, 0.5) is 13.2 Å². The number of nitrogens with zero attached hydrogens (tertiary/aromatic N) is 3. The van der Waals surface area contributed by atoms with Crippen LogP contribution in [0.1, 0.15) is 11.4 Å². The fraction of sp³-hybridized carbons (Fsp3) is 0.167.